The van der Waals surface area contributed by atoms with Crippen molar-refractivity contribution in [3.05, 3.63) is 29.8 Å². The van der Waals surface area contributed by atoms with Gasteiger partial charge in [0.15, 0.2) is 11.5 Å². The fourth-order valence-electron chi connectivity index (χ4n) is 3.23. The summed E-state index contributed by atoms with van der Waals surface area (Å²) in [6.45, 7) is 0. The molecule has 0 amide bonds. The van der Waals surface area contributed by atoms with Crippen LogP contribution in [0, 0.1) is 0 Å². The van der Waals surface area contributed by atoms with Crippen LogP contribution in [-0.2, 0) is 10.3 Å². The van der Waals surface area contributed by atoms with Crippen LogP contribution in [0.5, 0.6) is 17.2 Å². The SMILES string of the molecule is COc1ccc(C2(O)C[C@H]3C=C[C@@H](C2)O3)c(OC)c1OC. The van der Waals surface area contributed by atoms with Crippen molar-refractivity contribution in [3.63, 3.8) is 0 Å². The predicted octanol–water partition coefficient (Wildman–Crippen LogP) is 2.02. The number of methoxy groups -OCH3 is 3. The molecule has 2 heterocycles. The second kappa shape index (κ2) is 5.24. The van der Waals surface area contributed by atoms with Gasteiger partial charge in [0.2, 0.25) is 5.75 Å². The number of aliphatic hydroxyl groups is 1. The number of benzene rings is 1. The lowest BCUT2D eigenvalue weighted by Gasteiger charge is -2.37. The van der Waals surface area contributed by atoms with Gasteiger partial charge in [0.1, 0.15) is 0 Å². The van der Waals surface area contributed by atoms with Crippen molar-refractivity contribution in [2.75, 3.05) is 21.3 Å². The van der Waals surface area contributed by atoms with Crippen molar-refractivity contribution < 1.29 is 24.1 Å². The van der Waals surface area contributed by atoms with E-state index in [2.05, 4.69) is 0 Å². The van der Waals surface area contributed by atoms with Crippen molar-refractivity contribution in [1.29, 1.82) is 0 Å². The van der Waals surface area contributed by atoms with Gasteiger partial charge in [-0.15, -0.1) is 0 Å². The minimum atomic E-state index is -0.998. The quantitative estimate of drug-likeness (QED) is 0.860. The average Bonchev–Trinajstić information content (AvgIpc) is 2.84. The van der Waals surface area contributed by atoms with Gasteiger partial charge in [-0.1, -0.05) is 12.2 Å². The molecule has 21 heavy (non-hydrogen) atoms. The molecule has 5 nitrogen and oxygen atoms in total. The zero-order valence-electron chi connectivity index (χ0n) is 12.5. The van der Waals surface area contributed by atoms with Crippen LogP contribution in [0.4, 0.5) is 0 Å². The first-order chi connectivity index (χ1) is 10.1. The zero-order chi connectivity index (χ0) is 15.0. The highest BCUT2D eigenvalue weighted by atomic mass is 16.5. The van der Waals surface area contributed by atoms with Gasteiger partial charge in [0.05, 0.1) is 39.1 Å². The summed E-state index contributed by atoms with van der Waals surface area (Å²) in [5.74, 6) is 1.59. The molecule has 1 saturated heterocycles. The van der Waals surface area contributed by atoms with E-state index in [1.54, 1.807) is 27.4 Å². The molecular weight excluding hydrogens is 272 g/mol. The lowest BCUT2D eigenvalue weighted by Crippen LogP contribution is -2.39. The molecule has 1 unspecified atom stereocenters. The Morgan fingerprint density at radius 3 is 2.14 bits per heavy atom. The van der Waals surface area contributed by atoms with Crippen LogP contribution in [0.1, 0.15) is 18.4 Å². The van der Waals surface area contributed by atoms with Crippen molar-refractivity contribution in [2.45, 2.75) is 30.7 Å². The van der Waals surface area contributed by atoms with E-state index in [4.69, 9.17) is 18.9 Å². The van der Waals surface area contributed by atoms with E-state index in [9.17, 15) is 5.11 Å². The molecule has 2 aliphatic heterocycles. The molecule has 0 aromatic heterocycles. The lowest BCUT2D eigenvalue weighted by molar-refractivity contribution is -0.108. The van der Waals surface area contributed by atoms with Crippen molar-refractivity contribution in [3.8, 4) is 17.2 Å². The molecular formula is C16H20O5. The van der Waals surface area contributed by atoms with Gasteiger partial charge in [0.25, 0.3) is 0 Å². The molecule has 3 atom stereocenters. The zero-order valence-corrected chi connectivity index (χ0v) is 12.5. The van der Waals surface area contributed by atoms with Gasteiger partial charge >= 0.3 is 0 Å². The Balaban J connectivity index is 2.06. The molecule has 0 aliphatic carbocycles. The summed E-state index contributed by atoms with van der Waals surface area (Å²) in [6, 6.07) is 3.63. The Morgan fingerprint density at radius 2 is 1.62 bits per heavy atom. The van der Waals surface area contributed by atoms with Crippen LogP contribution < -0.4 is 14.2 Å². The predicted molar refractivity (Wildman–Crippen MR) is 77.0 cm³/mol. The Morgan fingerprint density at radius 1 is 1.00 bits per heavy atom. The fraction of sp³-hybridized carbons (Fsp3) is 0.500. The fourth-order valence-corrected chi connectivity index (χ4v) is 3.23. The monoisotopic (exact) mass is 292 g/mol. The van der Waals surface area contributed by atoms with Gasteiger partial charge in [-0.3, -0.25) is 0 Å². The molecule has 2 aliphatic rings. The van der Waals surface area contributed by atoms with E-state index < -0.39 is 5.60 Å². The maximum absolute atomic E-state index is 11.1. The summed E-state index contributed by atoms with van der Waals surface area (Å²) < 4.78 is 21.9. The van der Waals surface area contributed by atoms with E-state index in [1.807, 2.05) is 18.2 Å². The largest absolute Gasteiger partial charge is 0.493 e. The Hall–Kier alpha value is -1.72. The molecule has 2 bridgehead atoms. The molecule has 1 N–H and O–H groups in total. The smallest absolute Gasteiger partial charge is 0.203 e. The average molecular weight is 292 g/mol. The second-order valence-electron chi connectivity index (χ2n) is 5.42. The molecule has 0 spiro atoms. The summed E-state index contributed by atoms with van der Waals surface area (Å²) >= 11 is 0. The molecule has 0 radical (unpaired) electrons. The minimum Gasteiger partial charge on any atom is -0.493 e. The summed E-state index contributed by atoms with van der Waals surface area (Å²) in [4.78, 5) is 0. The maximum atomic E-state index is 11.1. The summed E-state index contributed by atoms with van der Waals surface area (Å²) in [6.07, 6.45) is 4.93. The summed E-state index contributed by atoms with van der Waals surface area (Å²) in [5.41, 5.74) is -0.285. The Bertz CT molecular complexity index is 552. The molecule has 5 heteroatoms. The van der Waals surface area contributed by atoms with Gasteiger partial charge in [-0.2, -0.15) is 0 Å². The van der Waals surface area contributed by atoms with Crippen molar-refractivity contribution in [2.24, 2.45) is 0 Å². The van der Waals surface area contributed by atoms with Crippen molar-refractivity contribution >= 4 is 0 Å². The molecule has 1 fully saturated rings. The van der Waals surface area contributed by atoms with Crippen LogP contribution in [-0.4, -0.2) is 38.6 Å². The highest BCUT2D eigenvalue weighted by molar-refractivity contribution is 5.57. The van der Waals surface area contributed by atoms with Crippen LogP contribution >= 0.6 is 0 Å². The normalized spacial score (nSPS) is 30.3. The van der Waals surface area contributed by atoms with Crippen LogP contribution in [0.15, 0.2) is 24.3 Å². The van der Waals surface area contributed by atoms with Crippen LogP contribution in [0.2, 0.25) is 0 Å². The third kappa shape index (κ3) is 2.26. The van der Waals surface area contributed by atoms with E-state index in [0.717, 1.165) is 0 Å². The van der Waals surface area contributed by atoms with E-state index in [-0.39, 0.29) is 12.2 Å². The minimum absolute atomic E-state index is 0.0495. The molecule has 1 aromatic rings. The second-order valence-corrected chi connectivity index (χ2v) is 5.42. The Labute approximate surface area is 124 Å². The third-order valence-electron chi connectivity index (χ3n) is 4.17. The van der Waals surface area contributed by atoms with E-state index in [0.29, 0.717) is 35.7 Å². The standard InChI is InChI=1S/C16H20O5/c1-18-13-7-6-12(14(19-2)15(13)20-3)16(17)8-10-4-5-11(9-16)21-10/h4-7,10-11,17H,8-9H2,1-3H3/t10-,11+,16?. The van der Waals surface area contributed by atoms with Gasteiger partial charge in [-0.05, 0) is 12.1 Å². The van der Waals surface area contributed by atoms with Gasteiger partial charge in [0, 0.05) is 18.4 Å². The van der Waals surface area contributed by atoms with E-state index in [1.165, 1.54) is 0 Å². The molecule has 0 saturated carbocycles. The third-order valence-corrected chi connectivity index (χ3v) is 4.17. The summed E-state index contributed by atoms with van der Waals surface area (Å²) in [5, 5.41) is 11.1. The van der Waals surface area contributed by atoms with Crippen LogP contribution in [0.3, 0.4) is 0 Å². The maximum Gasteiger partial charge on any atom is 0.203 e. The lowest BCUT2D eigenvalue weighted by atomic mass is 9.82. The number of hydrogen-bond acceptors (Lipinski definition) is 5. The first-order valence-electron chi connectivity index (χ1n) is 6.97. The topological polar surface area (TPSA) is 57.2 Å². The molecule has 114 valence electrons. The first-order valence-corrected chi connectivity index (χ1v) is 6.97. The Kier molecular flexibility index (Phi) is 3.55. The highest BCUT2D eigenvalue weighted by Crippen LogP contribution is 2.49. The number of hydrogen-bond donors (Lipinski definition) is 1. The first kappa shape index (κ1) is 14.2. The summed E-state index contributed by atoms with van der Waals surface area (Å²) in [7, 11) is 4.70. The van der Waals surface area contributed by atoms with Crippen LogP contribution in [0.25, 0.3) is 0 Å². The van der Waals surface area contributed by atoms with E-state index >= 15 is 0 Å². The molecule has 1 aromatic carbocycles. The number of fused-ring (bicyclic) bond motifs is 2. The number of rotatable bonds is 4. The van der Waals surface area contributed by atoms with Gasteiger partial charge < -0.3 is 24.1 Å². The van der Waals surface area contributed by atoms with Gasteiger partial charge in [-0.25, -0.2) is 0 Å². The van der Waals surface area contributed by atoms with Crippen molar-refractivity contribution in [1.82, 2.24) is 0 Å². The highest BCUT2D eigenvalue weighted by Gasteiger charge is 2.44. The number of ether oxygens (including phenoxy) is 4. The molecule has 3 rings (SSSR count).